The van der Waals surface area contributed by atoms with Gasteiger partial charge in [-0.25, -0.2) is 9.59 Å². The van der Waals surface area contributed by atoms with Gasteiger partial charge in [0, 0.05) is 5.57 Å². The molecule has 88 valence electrons. The maximum atomic E-state index is 11.5. The largest absolute Gasteiger partial charge is 1.00 e. The fourth-order valence-electron chi connectivity index (χ4n) is 1.55. The zero-order valence-electron chi connectivity index (χ0n) is 10.5. The Balaban J connectivity index is 0.00000256. The Morgan fingerprint density at radius 2 is 1.94 bits per heavy atom. The average Bonchev–Trinajstić information content (AvgIpc) is 2.54. The summed E-state index contributed by atoms with van der Waals surface area (Å²) in [4.78, 5) is 22.8. The topological polar surface area (TPSA) is 75.7 Å². The molecule has 0 amide bonds. The molecule has 0 aromatic heterocycles. The van der Waals surface area contributed by atoms with E-state index in [2.05, 4.69) is 4.74 Å². The van der Waals surface area contributed by atoms with E-state index in [1.807, 2.05) is 0 Å². The number of hydrogen-bond acceptors (Lipinski definition) is 5. The van der Waals surface area contributed by atoms with E-state index >= 15 is 0 Å². The van der Waals surface area contributed by atoms with Crippen LogP contribution in [0.3, 0.4) is 0 Å². The number of rotatable bonds is 3. The summed E-state index contributed by atoms with van der Waals surface area (Å²) in [6.45, 7) is 3.45. The Bertz CT molecular complexity index is 395. The molecule has 0 spiro atoms. The van der Waals surface area contributed by atoms with Gasteiger partial charge in [-0.2, -0.15) is 0 Å². The van der Waals surface area contributed by atoms with E-state index in [1.54, 1.807) is 13.8 Å². The first kappa shape index (κ1) is 16.2. The molecule has 0 saturated carbocycles. The number of methoxy groups -OCH3 is 1. The molecule has 0 fully saturated rings. The minimum absolute atomic E-state index is 0. The molecule has 0 aliphatic heterocycles. The van der Waals surface area contributed by atoms with E-state index < -0.39 is 17.7 Å². The smallest absolute Gasteiger partial charge is 0.875 e. The van der Waals surface area contributed by atoms with Crippen LogP contribution in [-0.2, 0) is 19.1 Å². The second kappa shape index (κ2) is 6.83. The van der Waals surface area contributed by atoms with Crippen LogP contribution >= 0.6 is 0 Å². The number of esters is 2. The van der Waals surface area contributed by atoms with Crippen LogP contribution in [0, 0.1) is 0 Å². The molecule has 1 aliphatic carbocycles. The second-order valence-electron chi connectivity index (χ2n) is 3.29. The number of carbonyl (C=O) groups is 2. The molecule has 1 aliphatic rings. The summed E-state index contributed by atoms with van der Waals surface area (Å²) in [6.07, 6.45) is -0.0882. The molecule has 17 heavy (non-hydrogen) atoms. The van der Waals surface area contributed by atoms with Gasteiger partial charge in [-0.1, -0.05) is 0 Å². The van der Waals surface area contributed by atoms with Crippen molar-refractivity contribution in [1.29, 1.82) is 0 Å². The molecule has 6 heteroatoms. The van der Waals surface area contributed by atoms with E-state index in [4.69, 9.17) is 4.74 Å². The molecule has 0 aromatic carbocycles. The van der Waals surface area contributed by atoms with Crippen molar-refractivity contribution in [3.05, 3.63) is 22.5 Å². The van der Waals surface area contributed by atoms with Gasteiger partial charge in [-0.05, 0) is 25.8 Å². The summed E-state index contributed by atoms with van der Waals surface area (Å²) in [5.41, 5.74) is 0.549. The summed E-state index contributed by atoms with van der Waals surface area (Å²) in [7, 11) is 1.19. The summed E-state index contributed by atoms with van der Waals surface area (Å²) < 4.78 is 9.27. The Kier molecular flexibility index (Phi) is 6.52. The third-order valence-electron chi connectivity index (χ3n) is 2.36. The molecule has 0 bridgehead atoms. The molecular formula is C11H13NaO5. The van der Waals surface area contributed by atoms with E-state index in [1.165, 1.54) is 7.11 Å². The molecule has 5 nitrogen and oxygen atoms in total. The normalized spacial score (nSPS) is 14.5. The summed E-state index contributed by atoms with van der Waals surface area (Å²) in [5, 5.41) is 11.5. The molecule has 0 aromatic rings. The first-order valence-electron chi connectivity index (χ1n) is 4.88. The van der Waals surface area contributed by atoms with Crippen LogP contribution < -0.4 is 34.7 Å². The van der Waals surface area contributed by atoms with Crippen LogP contribution in [0.4, 0.5) is 0 Å². The maximum Gasteiger partial charge on any atom is 1.00 e. The Morgan fingerprint density at radius 3 is 2.41 bits per heavy atom. The predicted molar refractivity (Wildman–Crippen MR) is 53.0 cm³/mol. The second-order valence-corrected chi connectivity index (χ2v) is 3.29. The third-order valence-corrected chi connectivity index (χ3v) is 2.36. The Hall–Kier alpha value is -0.780. The fourth-order valence-corrected chi connectivity index (χ4v) is 1.55. The van der Waals surface area contributed by atoms with Gasteiger partial charge in [-0.3, -0.25) is 0 Å². The zero-order valence-corrected chi connectivity index (χ0v) is 12.5. The zero-order chi connectivity index (χ0) is 12.3. The van der Waals surface area contributed by atoms with Crippen LogP contribution in [0.15, 0.2) is 22.5 Å². The fraction of sp³-hybridized carbons (Fsp3) is 0.455. The summed E-state index contributed by atoms with van der Waals surface area (Å²) >= 11 is 0. The van der Waals surface area contributed by atoms with Gasteiger partial charge < -0.3 is 14.6 Å². The first-order chi connectivity index (χ1) is 7.52. The van der Waals surface area contributed by atoms with Crippen LogP contribution in [0.1, 0.15) is 20.3 Å². The van der Waals surface area contributed by atoms with Gasteiger partial charge in [0.2, 0.25) is 0 Å². The van der Waals surface area contributed by atoms with Crippen molar-refractivity contribution in [2.45, 2.75) is 20.3 Å². The van der Waals surface area contributed by atoms with E-state index in [0.717, 1.165) is 0 Å². The van der Waals surface area contributed by atoms with Gasteiger partial charge in [0.05, 0.1) is 19.3 Å². The van der Waals surface area contributed by atoms with Crippen molar-refractivity contribution >= 4 is 11.9 Å². The molecule has 1 rings (SSSR count). The van der Waals surface area contributed by atoms with Crippen LogP contribution in [-0.4, -0.2) is 25.7 Å². The van der Waals surface area contributed by atoms with Crippen molar-refractivity contribution in [3.8, 4) is 0 Å². The van der Waals surface area contributed by atoms with E-state index in [9.17, 15) is 14.7 Å². The monoisotopic (exact) mass is 248 g/mol. The number of carbonyl (C=O) groups excluding carboxylic acids is 2. The van der Waals surface area contributed by atoms with Gasteiger partial charge in [0.15, 0.2) is 0 Å². The number of allylic oxidation sites excluding steroid dienone is 1. The Labute approximate surface area is 122 Å². The summed E-state index contributed by atoms with van der Waals surface area (Å²) in [6, 6.07) is 0. The minimum atomic E-state index is -0.707. The average molecular weight is 248 g/mol. The summed E-state index contributed by atoms with van der Waals surface area (Å²) in [5.74, 6) is -1.65. The molecule has 0 heterocycles. The quantitative estimate of drug-likeness (QED) is 0.394. The van der Waals surface area contributed by atoms with Gasteiger partial charge in [-0.15, -0.1) is 5.76 Å². The van der Waals surface area contributed by atoms with E-state index in [-0.39, 0.29) is 53.7 Å². The van der Waals surface area contributed by atoms with Crippen molar-refractivity contribution < 1.29 is 53.7 Å². The molecule has 0 N–H and O–H groups in total. The van der Waals surface area contributed by atoms with Crippen molar-refractivity contribution in [1.82, 2.24) is 0 Å². The number of hydrogen-bond donors (Lipinski definition) is 0. The molecular weight excluding hydrogens is 235 g/mol. The molecule has 0 radical (unpaired) electrons. The molecule has 0 atom stereocenters. The van der Waals surface area contributed by atoms with Crippen molar-refractivity contribution in [2.24, 2.45) is 0 Å². The molecule has 0 unspecified atom stereocenters. The van der Waals surface area contributed by atoms with Gasteiger partial charge in [0.25, 0.3) is 0 Å². The van der Waals surface area contributed by atoms with Gasteiger partial charge >= 0.3 is 41.5 Å². The third kappa shape index (κ3) is 3.34. The van der Waals surface area contributed by atoms with Crippen molar-refractivity contribution in [2.75, 3.05) is 13.7 Å². The van der Waals surface area contributed by atoms with Gasteiger partial charge in [0.1, 0.15) is 0 Å². The first-order valence-corrected chi connectivity index (χ1v) is 4.88. The van der Waals surface area contributed by atoms with Crippen LogP contribution in [0.2, 0.25) is 0 Å². The Morgan fingerprint density at radius 1 is 1.35 bits per heavy atom. The van der Waals surface area contributed by atoms with Crippen LogP contribution in [0.25, 0.3) is 0 Å². The van der Waals surface area contributed by atoms with Crippen molar-refractivity contribution in [3.63, 3.8) is 0 Å². The minimum Gasteiger partial charge on any atom is -0.875 e. The molecule has 0 saturated heterocycles. The number of ether oxygens (including phenoxy) is 2. The predicted octanol–water partition coefficient (Wildman–Crippen LogP) is -2.94. The van der Waals surface area contributed by atoms with Crippen LogP contribution in [0.5, 0.6) is 0 Å². The van der Waals surface area contributed by atoms with E-state index in [0.29, 0.717) is 5.57 Å². The standard InChI is InChI=1S/C11H14O5.Na/c1-4-16-10(13)7-5-8(12)9(6(7)2)11(14)15-3;/h12H,4-5H2,1-3H3;/q;+1/p-1. The SMILES string of the molecule is CCOC(=O)C1=C(C)C(C(=O)OC)=C([O-])C1.[Na+]. The maximum absolute atomic E-state index is 11.5.